The van der Waals surface area contributed by atoms with Crippen LogP contribution in [0.15, 0.2) is 18.2 Å². The highest BCUT2D eigenvalue weighted by Gasteiger charge is 2.13. The number of rotatable bonds is 5. The van der Waals surface area contributed by atoms with Crippen molar-refractivity contribution >= 4 is 5.91 Å². The third-order valence-electron chi connectivity index (χ3n) is 2.24. The Bertz CT molecular complexity index is 396. The van der Waals surface area contributed by atoms with Crippen LogP contribution in [0.4, 0.5) is 8.78 Å². The molecule has 0 unspecified atom stereocenters. The molecule has 0 aliphatic rings. The number of carbonyl (C=O) groups is 1. The second kappa shape index (κ2) is 6.30. The minimum atomic E-state index is -0.672. The average molecular weight is 243 g/mol. The summed E-state index contributed by atoms with van der Waals surface area (Å²) >= 11 is 0. The van der Waals surface area contributed by atoms with Crippen molar-refractivity contribution in [1.29, 1.82) is 0 Å². The third kappa shape index (κ3) is 4.11. The van der Waals surface area contributed by atoms with Gasteiger partial charge in [-0.3, -0.25) is 4.79 Å². The smallest absolute Gasteiger partial charge is 0.246 e. The number of hydrogen-bond donors (Lipinski definition) is 1. The highest BCUT2D eigenvalue weighted by Crippen LogP contribution is 2.17. The van der Waals surface area contributed by atoms with E-state index >= 15 is 0 Å². The van der Waals surface area contributed by atoms with Crippen LogP contribution in [0.3, 0.4) is 0 Å². The number of halogens is 2. The Kier molecular flexibility index (Phi) is 5.03. The van der Waals surface area contributed by atoms with Crippen molar-refractivity contribution in [2.24, 2.45) is 0 Å². The monoisotopic (exact) mass is 243 g/mol. The zero-order valence-corrected chi connectivity index (χ0v) is 9.80. The molecule has 0 spiro atoms. The molecule has 0 saturated heterocycles. The molecule has 0 aromatic heterocycles. The summed E-state index contributed by atoms with van der Waals surface area (Å²) in [7, 11) is 0. The molecular weight excluding hydrogens is 228 g/mol. The molecule has 94 valence electrons. The van der Waals surface area contributed by atoms with Crippen LogP contribution in [0.1, 0.15) is 25.5 Å². The van der Waals surface area contributed by atoms with Gasteiger partial charge in [0.15, 0.2) is 0 Å². The van der Waals surface area contributed by atoms with Gasteiger partial charge in [-0.1, -0.05) is 6.07 Å². The van der Waals surface area contributed by atoms with Crippen LogP contribution < -0.4 is 5.32 Å². The molecule has 1 atom stereocenters. The van der Waals surface area contributed by atoms with Gasteiger partial charge in [-0.2, -0.15) is 0 Å². The summed E-state index contributed by atoms with van der Waals surface area (Å²) in [4.78, 5) is 11.3. The Labute approximate surface area is 98.8 Å². The van der Waals surface area contributed by atoms with E-state index in [4.69, 9.17) is 4.74 Å². The van der Waals surface area contributed by atoms with E-state index in [1.807, 2.05) is 0 Å². The van der Waals surface area contributed by atoms with Gasteiger partial charge in [0.25, 0.3) is 0 Å². The van der Waals surface area contributed by atoms with Crippen molar-refractivity contribution in [2.45, 2.75) is 19.9 Å². The molecule has 0 bridgehead atoms. The molecule has 0 radical (unpaired) electrons. The van der Waals surface area contributed by atoms with E-state index in [0.717, 1.165) is 12.1 Å². The molecular formula is C12H15F2NO2. The van der Waals surface area contributed by atoms with E-state index in [2.05, 4.69) is 5.32 Å². The van der Waals surface area contributed by atoms with Gasteiger partial charge in [0, 0.05) is 18.2 Å². The average Bonchev–Trinajstić information content (AvgIpc) is 2.26. The summed E-state index contributed by atoms with van der Waals surface area (Å²) < 4.78 is 31.0. The Hall–Kier alpha value is -1.49. The maximum absolute atomic E-state index is 13.4. The number of benzene rings is 1. The van der Waals surface area contributed by atoms with Crippen LogP contribution in [0.25, 0.3) is 0 Å². The first-order valence-corrected chi connectivity index (χ1v) is 5.36. The van der Waals surface area contributed by atoms with Gasteiger partial charge >= 0.3 is 0 Å². The lowest BCUT2D eigenvalue weighted by Gasteiger charge is -2.15. The van der Waals surface area contributed by atoms with Crippen molar-refractivity contribution in [1.82, 2.24) is 5.32 Å². The minimum absolute atomic E-state index is 0.0658. The van der Waals surface area contributed by atoms with Crippen molar-refractivity contribution in [3.63, 3.8) is 0 Å². The van der Waals surface area contributed by atoms with Crippen LogP contribution in [-0.4, -0.2) is 19.1 Å². The van der Waals surface area contributed by atoms with Gasteiger partial charge in [0.05, 0.1) is 6.04 Å². The van der Waals surface area contributed by atoms with E-state index in [1.165, 1.54) is 6.07 Å². The highest BCUT2D eigenvalue weighted by molar-refractivity contribution is 5.77. The second-order valence-corrected chi connectivity index (χ2v) is 3.59. The fourth-order valence-corrected chi connectivity index (χ4v) is 1.41. The molecule has 0 saturated carbocycles. The van der Waals surface area contributed by atoms with Gasteiger partial charge in [0.2, 0.25) is 5.91 Å². The SMILES string of the molecule is CCOCC(=O)N[C@@H](C)c1ccc(F)cc1F. The number of nitrogens with one attached hydrogen (secondary N) is 1. The summed E-state index contributed by atoms with van der Waals surface area (Å²) in [5.74, 6) is -1.64. The molecule has 1 aromatic carbocycles. The summed E-state index contributed by atoms with van der Waals surface area (Å²) in [6.07, 6.45) is 0. The quantitative estimate of drug-likeness (QED) is 0.860. The largest absolute Gasteiger partial charge is 0.372 e. The van der Waals surface area contributed by atoms with Crippen molar-refractivity contribution < 1.29 is 18.3 Å². The second-order valence-electron chi connectivity index (χ2n) is 3.59. The van der Waals surface area contributed by atoms with Gasteiger partial charge < -0.3 is 10.1 Å². The van der Waals surface area contributed by atoms with Crippen molar-refractivity contribution in [3.8, 4) is 0 Å². The fourth-order valence-electron chi connectivity index (χ4n) is 1.41. The normalized spacial score (nSPS) is 12.2. The first kappa shape index (κ1) is 13.6. The maximum atomic E-state index is 13.4. The van der Waals surface area contributed by atoms with E-state index in [0.29, 0.717) is 6.61 Å². The molecule has 5 heteroatoms. The van der Waals surface area contributed by atoms with E-state index in [1.54, 1.807) is 13.8 Å². The van der Waals surface area contributed by atoms with Crippen molar-refractivity contribution in [2.75, 3.05) is 13.2 Å². The Morgan fingerprint density at radius 1 is 1.47 bits per heavy atom. The van der Waals surface area contributed by atoms with E-state index in [-0.39, 0.29) is 18.1 Å². The molecule has 17 heavy (non-hydrogen) atoms. The van der Waals surface area contributed by atoms with E-state index in [9.17, 15) is 13.6 Å². The number of hydrogen-bond acceptors (Lipinski definition) is 2. The standard InChI is InChI=1S/C12H15F2NO2/c1-3-17-7-12(16)15-8(2)10-5-4-9(13)6-11(10)14/h4-6,8H,3,7H2,1-2H3,(H,15,16)/t8-/m0/s1. The highest BCUT2D eigenvalue weighted by atomic mass is 19.1. The topological polar surface area (TPSA) is 38.3 Å². The first-order chi connectivity index (χ1) is 8.04. The molecule has 0 fully saturated rings. The van der Waals surface area contributed by atoms with Crippen LogP contribution in [0.2, 0.25) is 0 Å². The molecule has 1 aromatic rings. The van der Waals surface area contributed by atoms with Gasteiger partial charge in [0.1, 0.15) is 18.2 Å². The number of ether oxygens (including phenoxy) is 1. The summed E-state index contributed by atoms with van der Waals surface area (Å²) in [5, 5.41) is 2.56. The molecule has 1 amide bonds. The third-order valence-corrected chi connectivity index (χ3v) is 2.24. The van der Waals surface area contributed by atoms with Gasteiger partial charge in [-0.25, -0.2) is 8.78 Å². The van der Waals surface area contributed by atoms with Crippen molar-refractivity contribution in [3.05, 3.63) is 35.4 Å². The Balaban J connectivity index is 2.63. The predicted molar refractivity (Wildman–Crippen MR) is 59.4 cm³/mol. The maximum Gasteiger partial charge on any atom is 0.246 e. The molecule has 3 nitrogen and oxygen atoms in total. The summed E-state index contributed by atoms with van der Waals surface area (Å²) in [6, 6.07) is 2.74. The fraction of sp³-hybridized carbons (Fsp3) is 0.417. The van der Waals surface area contributed by atoms with Gasteiger partial charge in [-0.15, -0.1) is 0 Å². The predicted octanol–water partition coefficient (Wildman–Crippen LogP) is 2.18. The van der Waals surface area contributed by atoms with Crippen LogP contribution in [0, 0.1) is 11.6 Å². The molecule has 1 rings (SSSR count). The molecule has 0 aliphatic carbocycles. The lowest BCUT2D eigenvalue weighted by Crippen LogP contribution is -2.30. The van der Waals surface area contributed by atoms with Crippen LogP contribution >= 0.6 is 0 Å². The lowest BCUT2D eigenvalue weighted by atomic mass is 10.1. The van der Waals surface area contributed by atoms with E-state index < -0.39 is 17.7 Å². The molecule has 1 N–H and O–H groups in total. The van der Waals surface area contributed by atoms with Crippen LogP contribution in [-0.2, 0) is 9.53 Å². The zero-order valence-electron chi connectivity index (χ0n) is 9.80. The van der Waals surface area contributed by atoms with Gasteiger partial charge in [-0.05, 0) is 19.9 Å². The first-order valence-electron chi connectivity index (χ1n) is 5.36. The number of amides is 1. The summed E-state index contributed by atoms with van der Waals surface area (Å²) in [5.41, 5.74) is 0.247. The Morgan fingerprint density at radius 2 is 2.18 bits per heavy atom. The summed E-state index contributed by atoms with van der Waals surface area (Å²) in [6.45, 7) is 3.77. The minimum Gasteiger partial charge on any atom is -0.372 e. The lowest BCUT2D eigenvalue weighted by molar-refractivity contribution is -0.126. The molecule has 0 aliphatic heterocycles. The zero-order chi connectivity index (χ0) is 12.8. The number of carbonyl (C=O) groups excluding carboxylic acids is 1. The van der Waals surface area contributed by atoms with Crippen LogP contribution in [0.5, 0.6) is 0 Å². The Morgan fingerprint density at radius 3 is 2.76 bits per heavy atom. The molecule has 0 heterocycles.